The molecule has 3 N–H and O–H groups in total. The zero-order chi connectivity index (χ0) is 51.8. The summed E-state index contributed by atoms with van der Waals surface area (Å²) in [5.41, 5.74) is 0. The molecular weight excluding hydrogens is 901 g/mol. The number of carboxylic acids is 1. The van der Waals surface area contributed by atoms with Gasteiger partial charge in [-0.15, -0.1) is 0 Å². The van der Waals surface area contributed by atoms with Crippen LogP contribution in [-0.4, -0.2) is 89.2 Å². The van der Waals surface area contributed by atoms with Crippen molar-refractivity contribution in [3.05, 3.63) is 97.2 Å². The smallest absolute Gasteiger partial charge is 0.335 e. The lowest BCUT2D eigenvalue weighted by molar-refractivity contribution is -0.301. The Morgan fingerprint density at radius 3 is 1.37 bits per heavy atom. The van der Waals surface area contributed by atoms with Gasteiger partial charge in [0.1, 0.15) is 18.8 Å². The van der Waals surface area contributed by atoms with Crippen LogP contribution >= 0.6 is 0 Å². The number of rotatable bonds is 44. The summed E-state index contributed by atoms with van der Waals surface area (Å²) in [6.45, 7) is 5.65. The molecule has 1 heterocycles. The van der Waals surface area contributed by atoms with E-state index in [4.69, 9.17) is 23.7 Å². The molecule has 1 fully saturated rings. The molecule has 0 radical (unpaired) electrons. The highest BCUT2D eigenvalue weighted by Crippen LogP contribution is 2.26. The maximum Gasteiger partial charge on any atom is 0.335 e. The second-order valence-electron chi connectivity index (χ2n) is 18.1. The fourth-order valence-corrected chi connectivity index (χ4v) is 7.48. The highest BCUT2D eigenvalue weighted by atomic mass is 16.7. The van der Waals surface area contributed by atoms with E-state index in [1.165, 1.54) is 19.3 Å². The average molecular weight is 995 g/mol. The minimum Gasteiger partial charge on any atom is -0.479 e. The van der Waals surface area contributed by atoms with Gasteiger partial charge in [0.25, 0.3) is 0 Å². The maximum atomic E-state index is 13.1. The predicted molar refractivity (Wildman–Crippen MR) is 284 cm³/mol. The molecule has 0 aliphatic carbocycles. The van der Waals surface area contributed by atoms with E-state index in [1.807, 2.05) is 0 Å². The van der Waals surface area contributed by atoms with E-state index in [0.717, 1.165) is 122 Å². The molecule has 402 valence electrons. The molecule has 0 amide bonds. The number of carbonyl (C=O) groups excluding carboxylic acids is 3. The summed E-state index contributed by atoms with van der Waals surface area (Å²) in [7, 11) is 0. The fraction of sp³-hybridized carbons (Fsp3) is 0.661. The molecule has 6 atom stereocenters. The Balaban J connectivity index is 2.77. The third kappa shape index (κ3) is 37.1. The molecule has 0 aromatic heterocycles. The summed E-state index contributed by atoms with van der Waals surface area (Å²) in [5, 5.41) is 31.4. The molecule has 1 aliphatic rings. The number of carbonyl (C=O) groups is 4. The van der Waals surface area contributed by atoms with Gasteiger partial charge in [-0.25, -0.2) is 4.79 Å². The summed E-state index contributed by atoms with van der Waals surface area (Å²) < 4.78 is 28.2. The minimum absolute atomic E-state index is 0.0157. The van der Waals surface area contributed by atoms with Crippen LogP contribution in [0.25, 0.3) is 0 Å². The van der Waals surface area contributed by atoms with Crippen molar-refractivity contribution in [1.29, 1.82) is 0 Å². The molecule has 6 unspecified atom stereocenters. The lowest BCUT2D eigenvalue weighted by atomic mass is 9.98. The summed E-state index contributed by atoms with van der Waals surface area (Å²) >= 11 is 0. The second kappa shape index (κ2) is 46.7. The van der Waals surface area contributed by atoms with Crippen LogP contribution in [0.2, 0.25) is 0 Å². The second-order valence-corrected chi connectivity index (χ2v) is 18.1. The lowest BCUT2D eigenvalue weighted by Crippen LogP contribution is -2.61. The van der Waals surface area contributed by atoms with Crippen LogP contribution in [0.1, 0.15) is 201 Å². The van der Waals surface area contributed by atoms with Gasteiger partial charge < -0.3 is 39.0 Å². The number of esters is 3. The van der Waals surface area contributed by atoms with Crippen molar-refractivity contribution in [2.24, 2.45) is 0 Å². The van der Waals surface area contributed by atoms with Crippen molar-refractivity contribution in [3.8, 4) is 0 Å². The Labute approximate surface area is 428 Å². The van der Waals surface area contributed by atoms with Crippen LogP contribution in [0.15, 0.2) is 97.2 Å². The van der Waals surface area contributed by atoms with E-state index in [2.05, 4.69) is 118 Å². The fourth-order valence-electron chi connectivity index (χ4n) is 7.48. The number of hydrogen-bond acceptors (Lipinski definition) is 11. The summed E-state index contributed by atoms with van der Waals surface area (Å²) in [5.74, 6) is -3.23. The number of unbranched alkanes of at least 4 members (excludes halogenated alkanes) is 14. The van der Waals surface area contributed by atoms with Crippen molar-refractivity contribution in [2.75, 3.05) is 13.2 Å². The van der Waals surface area contributed by atoms with E-state index >= 15 is 0 Å². The molecular formula is C59H94O12. The number of allylic oxidation sites excluding steroid dienone is 16. The maximum absolute atomic E-state index is 13.1. The Bertz CT molecular complexity index is 1610. The molecule has 0 aromatic rings. The van der Waals surface area contributed by atoms with Gasteiger partial charge >= 0.3 is 23.9 Å². The zero-order valence-corrected chi connectivity index (χ0v) is 43.9. The molecule has 1 aliphatic heterocycles. The topological polar surface area (TPSA) is 175 Å². The van der Waals surface area contributed by atoms with Gasteiger partial charge in [-0.2, -0.15) is 0 Å². The van der Waals surface area contributed by atoms with Crippen molar-refractivity contribution < 1.29 is 58.2 Å². The van der Waals surface area contributed by atoms with Crippen LogP contribution in [0.5, 0.6) is 0 Å². The highest BCUT2D eigenvalue weighted by molar-refractivity contribution is 5.74. The Morgan fingerprint density at radius 1 is 0.479 bits per heavy atom. The van der Waals surface area contributed by atoms with E-state index in [0.29, 0.717) is 19.3 Å². The monoisotopic (exact) mass is 995 g/mol. The quantitative estimate of drug-likeness (QED) is 0.0228. The molecule has 0 bridgehead atoms. The van der Waals surface area contributed by atoms with E-state index in [-0.39, 0.29) is 25.9 Å². The predicted octanol–water partition coefficient (Wildman–Crippen LogP) is 13.3. The van der Waals surface area contributed by atoms with Gasteiger partial charge in [-0.05, 0) is 116 Å². The third-order valence-electron chi connectivity index (χ3n) is 11.6. The minimum atomic E-state index is -1.92. The number of hydrogen-bond donors (Lipinski definition) is 3. The number of aliphatic carboxylic acids is 1. The number of aliphatic hydroxyl groups is 2. The summed E-state index contributed by atoms with van der Waals surface area (Å²) in [6, 6.07) is 0. The number of ether oxygens (including phenoxy) is 5. The first-order valence-electron chi connectivity index (χ1n) is 27.2. The molecule has 0 saturated carbocycles. The van der Waals surface area contributed by atoms with Gasteiger partial charge in [0, 0.05) is 19.3 Å². The van der Waals surface area contributed by atoms with Crippen LogP contribution in [0.4, 0.5) is 0 Å². The first-order valence-corrected chi connectivity index (χ1v) is 27.2. The van der Waals surface area contributed by atoms with Crippen LogP contribution in [0, 0.1) is 0 Å². The summed E-state index contributed by atoms with van der Waals surface area (Å²) in [4.78, 5) is 50.9. The molecule has 0 spiro atoms. The number of aliphatic hydroxyl groups excluding tert-OH is 2. The standard InChI is InChI=1S/C59H94O12/c1-4-7-10-13-16-19-22-25-26-29-30-33-36-39-42-45-51(60)67-48-50(69-52(61)46-43-40-37-34-31-27-23-20-17-14-11-8-5-2)49-68-59-57(55(64)54(63)56(71-59)58(65)66)70-53(62)47-44-41-38-35-32-28-24-21-18-15-12-9-6-3/h8-9,11-12,16-21,25-28,31-32,50,54-57,59,63-64H,4-7,10,13-15,22-24,29-30,33-49H2,1-3H3,(H,65,66)/b11-8-,12-9-,19-16-,20-17-,21-18-,26-25-,31-27-,32-28-. The normalized spacial score (nSPS) is 19.3. The Kier molecular flexibility index (Phi) is 42.5. The summed E-state index contributed by atoms with van der Waals surface area (Å²) in [6.07, 6.45) is 48.2. The molecule has 12 heteroatoms. The molecule has 1 saturated heterocycles. The van der Waals surface area contributed by atoms with Crippen molar-refractivity contribution >= 4 is 23.9 Å². The van der Waals surface area contributed by atoms with E-state index < -0.39 is 67.3 Å². The molecule has 1 rings (SSSR count). The van der Waals surface area contributed by atoms with Gasteiger partial charge in [-0.1, -0.05) is 163 Å². The Morgan fingerprint density at radius 2 is 0.887 bits per heavy atom. The van der Waals surface area contributed by atoms with Crippen LogP contribution < -0.4 is 0 Å². The molecule has 71 heavy (non-hydrogen) atoms. The van der Waals surface area contributed by atoms with Gasteiger partial charge in [0.05, 0.1) is 6.61 Å². The third-order valence-corrected chi connectivity index (χ3v) is 11.6. The van der Waals surface area contributed by atoms with E-state index in [9.17, 15) is 34.5 Å². The van der Waals surface area contributed by atoms with Gasteiger partial charge in [0.15, 0.2) is 24.6 Å². The lowest BCUT2D eigenvalue weighted by Gasteiger charge is -2.40. The van der Waals surface area contributed by atoms with Crippen LogP contribution in [-0.2, 0) is 42.9 Å². The Hall–Kier alpha value is -4.36. The largest absolute Gasteiger partial charge is 0.479 e. The first kappa shape index (κ1) is 64.7. The van der Waals surface area contributed by atoms with Gasteiger partial charge in [-0.3, -0.25) is 14.4 Å². The molecule has 0 aromatic carbocycles. The van der Waals surface area contributed by atoms with Gasteiger partial charge in [0.2, 0.25) is 0 Å². The first-order chi connectivity index (χ1) is 34.6. The van der Waals surface area contributed by atoms with E-state index in [1.54, 1.807) is 0 Å². The van der Waals surface area contributed by atoms with Crippen molar-refractivity contribution in [3.63, 3.8) is 0 Å². The SMILES string of the molecule is CC/C=C\C/C=C\C/C=C\CCCCCC(=O)OC(COC(=O)CCCCCCC/C=C\C/C=C\CCCCC)COC1OC(C(=O)O)C(O)C(O)C1OC(=O)CCCCC/C=C\C/C=C\C/C=C\CC. The van der Waals surface area contributed by atoms with Crippen molar-refractivity contribution in [2.45, 2.75) is 237 Å². The number of carboxylic acid groups (broad SMARTS) is 1. The average Bonchev–Trinajstić information content (AvgIpc) is 3.35. The van der Waals surface area contributed by atoms with Crippen LogP contribution in [0.3, 0.4) is 0 Å². The highest BCUT2D eigenvalue weighted by Gasteiger charge is 2.50. The zero-order valence-electron chi connectivity index (χ0n) is 43.9. The molecule has 12 nitrogen and oxygen atoms in total. The van der Waals surface area contributed by atoms with Crippen molar-refractivity contribution in [1.82, 2.24) is 0 Å².